The normalized spacial score (nSPS) is 11.5. The first kappa shape index (κ1) is 43.9. The lowest BCUT2D eigenvalue weighted by Gasteiger charge is -2.19. The van der Waals surface area contributed by atoms with E-state index in [9.17, 15) is 19.2 Å². The lowest BCUT2D eigenvalue weighted by molar-refractivity contribution is -0.156. The molecule has 0 unspecified atom stereocenters. The van der Waals surface area contributed by atoms with Gasteiger partial charge in [0.15, 0.2) is 5.78 Å². The summed E-state index contributed by atoms with van der Waals surface area (Å²) in [6.45, 7) is 11.2. The van der Waals surface area contributed by atoms with Crippen molar-refractivity contribution in [1.29, 1.82) is 0 Å². The lowest BCUT2D eigenvalue weighted by Crippen LogP contribution is -2.25. The topological polar surface area (TPSA) is 181 Å². The number of Topliss-reactive ketones (excluding diaryl/α,β-unsaturated/α-hetero) is 2. The van der Waals surface area contributed by atoms with Crippen molar-refractivity contribution in [3.8, 4) is 0 Å². The van der Waals surface area contributed by atoms with Crippen LogP contribution in [0.2, 0.25) is 0 Å². The predicted octanol–water partition coefficient (Wildman–Crippen LogP) is 1.65. The zero-order chi connectivity index (χ0) is 34.1. The van der Waals surface area contributed by atoms with E-state index in [-0.39, 0.29) is 44.2 Å². The Hall–Kier alpha value is -2.08. The Balaban J connectivity index is 3.27. The van der Waals surface area contributed by atoms with Gasteiger partial charge in [-0.15, -0.1) is 0 Å². The van der Waals surface area contributed by atoms with E-state index in [1.807, 2.05) is 0 Å². The number of carboxylic acids is 1. The number of ketones is 2. The fourth-order valence-electron chi connectivity index (χ4n) is 3.33. The summed E-state index contributed by atoms with van der Waals surface area (Å²) in [7, 11) is 0. The SMILES string of the molecule is CC(C)(C)OC(=O)CC(=O)CCCOCCOCCOCC(=O)CCCOCCOCCOCCOCCOCCOCC(=O)O. The fourth-order valence-corrected chi connectivity index (χ4v) is 3.33. The molecular formula is C31H56O15. The summed E-state index contributed by atoms with van der Waals surface area (Å²) in [4.78, 5) is 45.6. The summed E-state index contributed by atoms with van der Waals surface area (Å²) < 4.78 is 53.0. The van der Waals surface area contributed by atoms with Crippen molar-refractivity contribution in [3.05, 3.63) is 0 Å². The van der Waals surface area contributed by atoms with E-state index in [1.165, 1.54) is 0 Å². The second-order valence-corrected chi connectivity index (χ2v) is 10.8. The van der Waals surface area contributed by atoms with Crippen LogP contribution in [-0.4, -0.2) is 153 Å². The molecule has 0 bridgehead atoms. The smallest absolute Gasteiger partial charge is 0.329 e. The Morgan fingerprint density at radius 2 is 0.783 bits per heavy atom. The number of ether oxygens (including phenoxy) is 10. The van der Waals surface area contributed by atoms with Crippen LogP contribution in [0.4, 0.5) is 0 Å². The van der Waals surface area contributed by atoms with Gasteiger partial charge in [0.05, 0.1) is 92.5 Å². The van der Waals surface area contributed by atoms with Gasteiger partial charge in [-0.3, -0.25) is 14.4 Å². The van der Waals surface area contributed by atoms with E-state index in [0.29, 0.717) is 118 Å². The summed E-state index contributed by atoms with van der Waals surface area (Å²) in [6, 6.07) is 0. The van der Waals surface area contributed by atoms with Crippen molar-refractivity contribution in [1.82, 2.24) is 0 Å². The molecule has 1 N–H and O–H groups in total. The van der Waals surface area contributed by atoms with Crippen molar-refractivity contribution < 1.29 is 71.7 Å². The molecule has 46 heavy (non-hydrogen) atoms. The maximum atomic E-state index is 11.9. The first-order valence-electron chi connectivity index (χ1n) is 15.8. The molecule has 0 amide bonds. The van der Waals surface area contributed by atoms with Gasteiger partial charge >= 0.3 is 11.9 Å². The number of rotatable bonds is 35. The number of aliphatic carboxylic acids is 1. The van der Waals surface area contributed by atoms with E-state index >= 15 is 0 Å². The van der Waals surface area contributed by atoms with Crippen molar-refractivity contribution in [2.45, 2.75) is 58.5 Å². The molecule has 0 rings (SSSR count). The first-order valence-corrected chi connectivity index (χ1v) is 15.8. The number of carbonyl (C=O) groups is 4. The maximum absolute atomic E-state index is 11.9. The van der Waals surface area contributed by atoms with Gasteiger partial charge in [-0.25, -0.2) is 4.79 Å². The molecule has 0 aromatic rings. The highest BCUT2D eigenvalue weighted by Gasteiger charge is 2.18. The second kappa shape index (κ2) is 31.5. The monoisotopic (exact) mass is 668 g/mol. The van der Waals surface area contributed by atoms with E-state index in [2.05, 4.69) is 0 Å². The molecule has 0 aliphatic carbocycles. The van der Waals surface area contributed by atoms with Crippen LogP contribution in [0.1, 0.15) is 52.9 Å². The van der Waals surface area contributed by atoms with Gasteiger partial charge in [0.1, 0.15) is 31.0 Å². The van der Waals surface area contributed by atoms with E-state index in [0.717, 1.165) is 0 Å². The Kier molecular flexibility index (Phi) is 30.1. The summed E-state index contributed by atoms with van der Waals surface area (Å²) in [6.07, 6.45) is 1.54. The zero-order valence-corrected chi connectivity index (χ0v) is 27.9. The third-order valence-electron chi connectivity index (χ3n) is 5.34. The summed E-state index contributed by atoms with van der Waals surface area (Å²) >= 11 is 0. The number of hydrogen-bond acceptors (Lipinski definition) is 14. The molecule has 0 aromatic carbocycles. The Bertz CT molecular complexity index is 770. The molecule has 0 heterocycles. The van der Waals surface area contributed by atoms with Gasteiger partial charge in [0, 0.05) is 26.1 Å². The minimum Gasteiger partial charge on any atom is -0.480 e. The van der Waals surface area contributed by atoms with E-state index in [4.69, 9.17) is 52.5 Å². The van der Waals surface area contributed by atoms with Gasteiger partial charge in [-0.1, -0.05) is 0 Å². The van der Waals surface area contributed by atoms with Gasteiger partial charge in [-0.05, 0) is 33.6 Å². The van der Waals surface area contributed by atoms with E-state index in [1.54, 1.807) is 20.8 Å². The largest absolute Gasteiger partial charge is 0.480 e. The van der Waals surface area contributed by atoms with Crippen LogP contribution < -0.4 is 0 Å². The Labute approximate surface area is 272 Å². The van der Waals surface area contributed by atoms with Crippen LogP contribution in [-0.2, 0) is 66.5 Å². The van der Waals surface area contributed by atoms with Gasteiger partial charge in [0.25, 0.3) is 0 Å². The van der Waals surface area contributed by atoms with Crippen molar-refractivity contribution in [2.75, 3.05) is 119 Å². The molecule has 0 aromatic heterocycles. The van der Waals surface area contributed by atoms with Gasteiger partial charge in [-0.2, -0.15) is 0 Å². The van der Waals surface area contributed by atoms with Crippen LogP contribution in [0.3, 0.4) is 0 Å². The van der Waals surface area contributed by atoms with Gasteiger partial charge in [0.2, 0.25) is 0 Å². The Morgan fingerprint density at radius 3 is 1.15 bits per heavy atom. The van der Waals surface area contributed by atoms with Crippen molar-refractivity contribution >= 4 is 23.5 Å². The highest BCUT2D eigenvalue weighted by atomic mass is 16.6. The molecule has 0 aliphatic heterocycles. The second-order valence-electron chi connectivity index (χ2n) is 10.8. The number of hydrogen-bond donors (Lipinski definition) is 1. The molecule has 0 saturated carbocycles. The lowest BCUT2D eigenvalue weighted by atomic mass is 10.1. The minimum atomic E-state index is -1.01. The molecule has 0 spiro atoms. The molecule has 0 fully saturated rings. The molecular weight excluding hydrogens is 612 g/mol. The Morgan fingerprint density at radius 1 is 0.457 bits per heavy atom. The van der Waals surface area contributed by atoms with Crippen LogP contribution in [0.25, 0.3) is 0 Å². The summed E-state index contributed by atoms with van der Waals surface area (Å²) in [5.41, 5.74) is -0.601. The third-order valence-corrected chi connectivity index (χ3v) is 5.34. The quantitative estimate of drug-likeness (QED) is 0.0584. The zero-order valence-electron chi connectivity index (χ0n) is 27.9. The molecule has 15 nitrogen and oxygen atoms in total. The molecule has 0 saturated heterocycles. The van der Waals surface area contributed by atoms with Crippen LogP contribution in [0, 0.1) is 0 Å². The molecule has 0 radical (unpaired) electrons. The van der Waals surface area contributed by atoms with Crippen molar-refractivity contribution in [3.63, 3.8) is 0 Å². The van der Waals surface area contributed by atoms with E-state index < -0.39 is 17.5 Å². The first-order chi connectivity index (χ1) is 22.1. The molecule has 0 aliphatic rings. The van der Waals surface area contributed by atoms with Crippen LogP contribution in [0.5, 0.6) is 0 Å². The number of carboxylic acid groups (broad SMARTS) is 1. The minimum absolute atomic E-state index is 0.000589. The summed E-state index contributed by atoms with van der Waals surface area (Å²) in [5, 5.41) is 8.42. The summed E-state index contributed by atoms with van der Waals surface area (Å²) in [5.74, 6) is -1.69. The predicted molar refractivity (Wildman–Crippen MR) is 164 cm³/mol. The fraction of sp³-hybridized carbons (Fsp3) is 0.871. The van der Waals surface area contributed by atoms with Crippen molar-refractivity contribution in [2.24, 2.45) is 0 Å². The number of esters is 1. The maximum Gasteiger partial charge on any atom is 0.329 e. The highest BCUT2D eigenvalue weighted by molar-refractivity contribution is 5.95. The average molecular weight is 669 g/mol. The molecule has 0 atom stereocenters. The van der Waals surface area contributed by atoms with Crippen LogP contribution in [0.15, 0.2) is 0 Å². The van der Waals surface area contributed by atoms with Gasteiger partial charge < -0.3 is 52.5 Å². The molecule has 270 valence electrons. The molecule has 15 heteroatoms. The third kappa shape index (κ3) is 36.4. The van der Waals surface area contributed by atoms with Crippen LogP contribution >= 0.6 is 0 Å². The average Bonchev–Trinajstić information content (AvgIpc) is 2.97. The highest BCUT2D eigenvalue weighted by Crippen LogP contribution is 2.09. The standard InChI is InChI=1S/C31H56O15/c1-31(2,3)46-30(36)24-27(32)6-4-8-37-11-13-42-20-22-44-25-28(33)7-5-9-38-10-12-39-14-15-40-16-17-41-18-19-43-21-23-45-26-29(34)35/h4-26H2,1-3H3,(H,34,35). The number of carbonyl (C=O) groups excluding carboxylic acids is 3.